The zero-order chi connectivity index (χ0) is 21.4. The second-order valence-corrected chi connectivity index (χ2v) is 8.84. The van der Waals surface area contributed by atoms with Crippen molar-refractivity contribution in [3.8, 4) is 10.6 Å². The van der Waals surface area contributed by atoms with Crippen molar-refractivity contribution in [3.63, 3.8) is 0 Å². The lowest BCUT2D eigenvalue weighted by Crippen LogP contribution is -2.36. The predicted octanol–water partition coefficient (Wildman–Crippen LogP) is 2.38. The van der Waals surface area contributed by atoms with Crippen LogP contribution in [0, 0.1) is 5.92 Å². The molecule has 160 valence electrons. The molecule has 10 heteroatoms. The number of halogens is 1. The van der Waals surface area contributed by atoms with E-state index in [2.05, 4.69) is 20.3 Å². The lowest BCUT2D eigenvalue weighted by Gasteiger charge is -2.22. The lowest BCUT2D eigenvalue weighted by atomic mass is 10.1. The van der Waals surface area contributed by atoms with Crippen molar-refractivity contribution in [3.05, 3.63) is 29.4 Å². The van der Waals surface area contributed by atoms with E-state index in [0.717, 1.165) is 10.2 Å². The van der Waals surface area contributed by atoms with Crippen LogP contribution in [0.15, 0.2) is 24.3 Å². The molecular formula is C20H24ClN5O3S. The van der Waals surface area contributed by atoms with Crippen molar-refractivity contribution in [2.24, 2.45) is 5.92 Å². The molecule has 8 nitrogen and oxygen atoms in total. The molecule has 4 atom stereocenters. The van der Waals surface area contributed by atoms with Gasteiger partial charge in [-0.15, -0.1) is 11.3 Å². The van der Waals surface area contributed by atoms with Gasteiger partial charge in [-0.05, 0) is 25.5 Å². The molecule has 0 saturated heterocycles. The number of rotatable bonds is 6. The first kappa shape index (κ1) is 21.2. The Kier molecular flexibility index (Phi) is 6.08. The van der Waals surface area contributed by atoms with Crippen LogP contribution in [0.3, 0.4) is 0 Å². The topological polar surface area (TPSA) is 115 Å². The van der Waals surface area contributed by atoms with E-state index in [9.17, 15) is 15.3 Å². The average Bonchev–Trinajstić information content (AvgIpc) is 3.28. The van der Waals surface area contributed by atoms with Crippen molar-refractivity contribution in [2.75, 3.05) is 30.4 Å². The Morgan fingerprint density at radius 3 is 2.63 bits per heavy atom. The number of aliphatic hydroxyl groups is 3. The molecule has 2 aromatic heterocycles. The first-order valence-electron chi connectivity index (χ1n) is 9.81. The third-order valence-corrected chi connectivity index (χ3v) is 6.86. The van der Waals surface area contributed by atoms with E-state index >= 15 is 0 Å². The molecule has 1 fully saturated rings. The molecule has 0 amide bonds. The van der Waals surface area contributed by atoms with Gasteiger partial charge in [0.25, 0.3) is 0 Å². The summed E-state index contributed by atoms with van der Waals surface area (Å²) < 4.78 is 1.01. The Labute approximate surface area is 183 Å². The second-order valence-electron chi connectivity index (χ2n) is 7.45. The third kappa shape index (κ3) is 3.83. The van der Waals surface area contributed by atoms with E-state index in [-0.39, 0.29) is 11.8 Å². The van der Waals surface area contributed by atoms with E-state index in [1.165, 1.54) is 11.3 Å². The van der Waals surface area contributed by atoms with Gasteiger partial charge in [-0.3, -0.25) is 0 Å². The number of benzene rings is 1. The number of nitrogens with zero attached hydrogens (tertiary/aromatic N) is 4. The number of para-hydroxylation sites is 1. The maximum absolute atomic E-state index is 10.5. The molecular weight excluding hydrogens is 426 g/mol. The Hall–Kier alpha value is -2.04. The van der Waals surface area contributed by atoms with E-state index in [4.69, 9.17) is 11.6 Å². The summed E-state index contributed by atoms with van der Waals surface area (Å²) in [4.78, 5) is 15.6. The molecule has 0 radical (unpaired) electrons. The van der Waals surface area contributed by atoms with Gasteiger partial charge >= 0.3 is 0 Å². The molecule has 1 aliphatic rings. The smallest absolute Gasteiger partial charge is 0.228 e. The summed E-state index contributed by atoms with van der Waals surface area (Å²) in [5.41, 5.74) is 1.41. The summed E-state index contributed by atoms with van der Waals surface area (Å²) in [6.45, 7) is 2.47. The molecule has 1 saturated carbocycles. The van der Waals surface area contributed by atoms with Crippen LogP contribution in [0.2, 0.25) is 5.15 Å². The molecule has 0 spiro atoms. The summed E-state index contributed by atoms with van der Waals surface area (Å²) in [6.07, 6.45) is -1.64. The Morgan fingerprint density at radius 2 is 1.97 bits per heavy atom. The molecule has 1 aliphatic carbocycles. The number of hydrogen-bond donors (Lipinski definition) is 4. The van der Waals surface area contributed by atoms with Gasteiger partial charge in [0.1, 0.15) is 22.1 Å². The number of thiazole rings is 1. The maximum Gasteiger partial charge on any atom is 0.228 e. The maximum atomic E-state index is 10.5. The van der Waals surface area contributed by atoms with Crippen LogP contribution in [-0.2, 0) is 0 Å². The van der Waals surface area contributed by atoms with E-state index in [1.54, 1.807) is 0 Å². The highest BCUT2D eigenvalue weighted by Gasteiger charge is 2.41. The van der Waals surface area contributed by atoms with Crippen molar-refractivity contribution in [1.82, 2.24) is 15.0 Å². The predicted molar refractivity (Wildman–Crippen MR) is 119 cm³/mol. The first-order chi connectivity index (χ1) is 14.4. The van der Waals surface area contributed by atoms with Gasteiger partial charge in [0.15, 0.2) is 0 Å². The number of hydrogen-bond acceptors (Lipinski definition) is 9. The molecule has 30 heavy (non-hydrogen) atoms. The number of anilines is 2. The molecule has 4 rings (SSSR count). The quantitative estimate of drug-likeness (QED) is 0.424. The van der Waals surface area contributed by atoms with E-state index < -0.39 is 24.2 Å². The normalized spacial score (nSPS) is 23.8. The van der Waals surface area contributed by atoms with Gasteiger partial charge in [0, 0.05) is 26.1 Å². The second kappa shape index (κ2) is 8.60. The zero-order valence-electron chi connectivity index (χ0n) is 16.7. The van der Waals surface area contributed by atoms with Crippen molar-refractivity contribution >= 4 is 44.9 Å². The van der Waals surface area contributed by atoms with E-state index in [1.807, 2.05) is 43.1 Å². The minimum absolute atomic E-state index is 0.199. The third-order valence-electron chi connectivity index (χ3n) is 5.54. The fourth-order valence-electron chi connectivity index (χ4n) is 3.63. The molecule has 0 unspecified atom stereocenters. The highest BCUT2D eigenvalue weighted by molar-refractivity contribution is 7.21. The van der Waals surface area contributed by atoms with Crippen LogP contribution in [0.5, 0.6) is 0 Å². The summed E-state index contributed by atoms with van der Waals surface area (Å²) in [5, 5.41) is 34.3. The van der Waals surface area contributed by atoms with Crippen molar-refractivity contribution < 1.29 is 15.3 Å². The van der Waals surface area contributed by atoms with Crippen LogP contribution < -0.4 is 10.2 Å². The monoisotopic (exact) mass is 449 g/mol. The van der Waals surface area contributed by atoms with Crippen molar-refractivity contribution in [1.29, 1.82) is 0 Å². The average molecular weight is 450 g/mol. The van der Waals surface area contributed by atoms with Crippen LogP contribution in [-0.4, -0.2) is 68.7 Å². The standard InChI is InChI=1S/C20H24ClN5O3S/c1-3-26(2)20-24-17(21)14(19-23-11-6-4-5-7-13(11)30-19)18(25-20)22-12-8-10(9-27)15(28)16(12)29/h4-7,10,12,15-16,27-29H,3,8-9H2,1-2H3,(H,22,24,25)/t10-,12-,15-,16+/m1/s1. The minimum atomic E-state index is -1.04. The lowest BCUT2D eigenvalue weighted by molar-refractivity contribution is 0.00446. The van der Waals surface area contributed by atoms with Gasteiger partial charge in [0.05, 0.1) is 27.9 Å². The molecule has 2 heterocycles. The fourth-order valence-corrected chi connectivity index (χ4v) is 4.96. The molecule has 0 bridgehead atoms. The Balaban J connectivity index is 1.79. The summed E-state index contributed by atoms with van der Waals surface area (Å²) in [7, 11) is 1.86. The largest absolute Gasteiger partial charge is 0.396 e. The molecule has 3 aromatic rings. The van der Waals surface area contributed by atoms with Crippen LogP contribution in [0.25, 0.3) is 20.8 Å². The van der Waals surface area contributed by atoms with Gasteiger partial charge in [0.2, 0.25) is 5.95 Å². The van der Waals surface area contributed by atoms with Gasteiger partial charge in [-0.25, -0.2) is 9.97 Å². The van der Waals surface area contributed by atoms with Crippen LogP contribution >= 0.6 is 22.9 Å². The Morgan fingerprint density at radius 1 is 1.20 bits per heavy atom. The van der Waals surface area contributed by atoms with Gasteiger partial charge in [-0.2, -0.15) is 4.98 Å². The SMILES string of the molecule is CCN(C)c1nc(Cl)c(-c2nc3ccccc3s2)c(N[C@@H]2C[C@H](CO)[C@@H](O)[C@H]2O)n1. The zero-order valence-corrected chi connectivity index (χ0v) is 18.2. The Bertz CT molecular complexity index is 1020. The highest BCUT2D eigenvalue weighted by Crippen LogP contribution is 2.40. The molecule has 1 aromatic carbocycles. The highest BCUT2D eigenvalue weighted by atomic mass is 35.5. The van der Waals surface area contributed by atoms with Gasteiger partial charge in [-0.1, -0.05) is 23.7 Å². The van der Waals surface area contributed by atoms with Crippen LogP contribution in [0.4, 0.5) is 11.8 Å². The fraction of sp³-hybridized carbons (Fsp3) is 0.450. The van der Waals surface area contributed by atoms with Crippen LogP contribution in [0.1, 0.15) is 13.3 Å². The number of fused-ring (bicyclic) bond motifs is 1. The number of aromatic nitrogens is 3. The summed E-state index contributed by atoms with van der Waals surface area (Å²) in [6, 6.07) is 7.30. The minimum Gasteiger partial charge on any atom is -0.396 e. The first-order valence-corrected chi connectivity index (χ1v) is 11.0. The molecule has 4 N–H and O–H groups in total. The van der Waals surface area contributed by atoms with Crippen molar-refractivity contribution in [2.45, 2.75) is 31.6 Å². The summed E-state index contributed by atoms with van der Waals surface area (Å²) in [5.74, 6) is 0.485. The molecule has 0 aliphatic heterocycles. The van der Waals surface area contributed by atoms with E-state index in [0.29, 0.717) is 35.3 Å². The summed E-state index contributed by atoms with van der Waals surface area (Å²) >= 11 is 8.08. The van der Waals surface area contributed by atoms with Gasteiger partial charge < -0.3 is 25.5 Å². The number of aliphatic hydroxyl groups excluding tert-OH is 3. The number of nitrogens with one attached hydrogen (secondary N) is 1.